The minimum absolute atomic E-state index is 0.303. The van der Waals surface area contributed by atoms with Crippen LogP contribution in [0.1, 0.15) is 25.5 Å². The van der Waals surface area contributed by atoms with E-state index >= 15 is 0 Å². The molecule has 96 valence electrons. The lowest BCUT2D eigenvalue weighted by molar-refractivity contribution is 0.817. The Morgan fingerprint density at radius 1 is 1.39 bits per heavy atom. The van der Waals surface area contributed by atoms with Crippen molar-refractivity contribution in [2.75, 3.05) is 5.43 Å². The Kier molecular flexibility index (Phi) is 4.21. The maximum absolute atomic E-state index is 6.03. The molecule has 2 aromatic rings. The number of anilines is 1. The van der Waals surface area contributed by atoms with Crippen LogP contribution in [-0.2, 0) is 0 Å². The molecule has 0 atom stereocenters. The van der Waals surface area contributed by atoms with Gasteiger partial charge in [-0.25, -0.2) is 15.8 Å². The first kappa shape index (κ1) is 13.7. The molecule has 4 nitrogen and oxygen atoms in total. The zero-order chi connectivity index (χ0) is 13.3. The van der Waals surface area contributed by atoms with Crippen LogP contribution in [0.25, 0.3) is 10.7 Å². The van der Waals surface area contributed by atoms with Crippen LogP contribution in [0.5, 0.6) is 0 Å². The number of thiophene rings is 1. The molecule has 2 rings (SSSR count). The topological polar surface area (TPSA) is 63.8 Å². The molecule has 0 bridgehead atoms. The molecule has 0 amide bonds. The third-order valence-corrected chi connectivity index (χ3v) is 4.82. The van der Waals surface area contributed by atoms with Gasteiger partial charge in [0, 0.05) is 16.2 Å². The second-order valence-electron chi connectivity index (χ2n) is 4.03. The zero-order valence-electron chi connectivity index (χ0n) is 9.87. The summed E-state index contributed by atoms with van der Waals surface area (Å²) in [6, 6.07) is 3.76. The molecule has 0 saturated carbocycles. The Morgan fingerprint density at radius 2 is 2.11 bits per heavy atom. The molecule has 3 N–H and O–H groups in total. The molecule has 0 spiro atoms. The lowest BCUT2D eigenvalue weighted by Crippen LogP contribution is -2.10. The summed E-state index contributed by atoms with van der Waals surface area (Å²) in [7, 11) is 0. The van der Waals surface area contributed by atoms with E-state index in [4.69, 9.17) is 17.4 Å². The van der Waals surface area contributed by atoms with E-state index in [1.807, 2.05) is 12.1 Å². The lowest BCUT2D eigenvalue weighted by atomic mass is 10.1. The second-order valence-corrected chi connectivity index (χ2v) is 6.54. The standard InChI is InChI=1S/C11H12BrClN4S/c1-5(2)7-4-9(17-14)16-11(15-7)8-3-6(12)10(13)18-8/h3-5H,14H2,1-2H3,(H,15,16,17). The molecule has 2 aromatic heterocycles. The molecule has 0 aliphatic heterocycles. The largest absolute Gasteiger partial charge is 0.308 e. The minimum Gasteiger partial charge on any atom is -0.308 e. The van der Waals surface area contributed by atoms with Crippen LogP contribution in [0.2, 0.25) is 4.34 Å². The summed E-state index contributed by atoms with van der Waals surface area (Å²) in [6.45, 7) is 4.15. The predicted molar refractivity (Wildman–Crippen MR) is 80.0 cm³/mol. The number of nitrogens with two attached hydrogens (primary N) is 1. The molecule has 18 heavy (non-hydrogen) atoms. The normalized spacial score (nSPS) is 11.0. The van der Waals surface area contributed by atoms with Gasteiger partial charge in [-0.2, -0.15) is 0 Å². The van der Waals surface area contributed by atoms with Crippen molar-refractivity contribution >= 4 is 44.7 Å². The summed E-state index contributed by atoms with van der Waals surface area (Å²) >= 11 is 10.8. The third kappa shape index (κ3) is 2.83. The number of hydrazine groups is 1. The highest BCUT2D eigenvalue weighted by molar-refractivity contribution is 9.10. The number of hydrogen-bond acceptors (Lipinski definition) is 5. The lowest BCUT2D eigenvalue weighted by Gasteiger charge is -2.08. The Balaban J connectivity index is 2.52. The fourth-order valence-corrected chi connectivity index (χ4v) is 3.04. The first-order chi connectivity index (χ1) is 8.51. The van der Waals surface area contributed by atoms with Gasteiger partial charge >= 0.3 is 0 Å². The molecule has 2 heterocycles. The van der Waals surface area contributed by atoms with Crippen LogP contribution < -0.4 is 11.3 Å². The highest BCUT2D eigenvalue weighted by Crippen LogP contribution is 2.37. The van der Waals surface area contributed by atoms with Crippen molar-refractivity contribution in [1.82, 2.24) is 9.97 Å². The highest BCUT2D eigenvalue weighted by Gasteiger charge is 2.13. The molecule has 0 aliphatic carbocycles. The Hall–Kier alpha value is -0.690. The fraction of sp³-hybridized carbons (Fsp3) is 0.273. The summed E-state index contributed by atoms with van der Waals surface area (Å²) in [5.74, 6) is 6.96. The maximum Gasteiger partial charge on any atom is 0.172 e. The molecule has 0 fully saturated rings. The molecule has 0 aliphatic rings. The summed E-state index contributed by atoms with van der Waals surface area (Å²) in [4.78, 5) is 9.78. The van der Waals surface area contributed by atoms with Crippen molar-refractivity contribution < 1.29 is 0 Å². The van der Waals surface area contributed by atoms with E-state index < -0.39 is 0 Å². The van der Waals surface area contributed by atoms with E-state index in [1.54, 1.807) is 0 Å². The first-order valence-corrected chi connectivity index (χ1v) is 7.30. The summed E-state index contributed by atoms with van der Waals surface area (Å²) in [5, 5.41) is 0. The van der Waals surface area contributed by atoms with Crippen LogP contribution in [-0.4, -0.2) is 9.97 Å². The maximum atomic E-state index is 6.03. The SMILES string of the molecule is CC(C)c1cc(NN)nc(-c2cc(Br)c(Cl)s2)n1. The Morgan fingerprint density at radius 3 is 2.61 bits per heavy atom. The van der Waals surface area contributed by atoms with E-state index in [-0.39, 0.29) is 0 Å². The average Bonchev–Trinajstić information content (AvgIpc) is 2.69. The van der Waals surface area contributed by atoms with Crippen LogP contribution in [0.4, 0.5) is 5.82 Å². The van der Waals surface area contributed by atoms with E-state index in [2.05, 4.69) is 45.2 Å². The van der Waals surface area contributed by atoms with E-state index in [1.165, 1.54) is 11.3 Å². The van der Waals surface area contributed by atoms with Gasteiger partial charge < -0.3 is 5.43 Å². The van der Waals surface area contributed by atoms with Crippen LogP contribution >= 0.6 is 38.9 Å². The van der Waals surface area contributed by atoms with Gasteiger partial charge in [-0.1, -0.05) is 25.4 Å². The molecular weight excluding hydrogens is 336 g/mol. The van der Waals surface area contributed by atoms with Gasteiger partial charge in [0.2, 0.25) is 0 Å². The second kappa shape index (κ2) is 5.52. The summed E-state index contributed by atoms with van der Waals surface area (Å²) < 4.78 is 1.54. The molecule has 0 unspecified atom stereocenters. The Labute approximate surface area is 123 Å². The number of aromatic nitrogens is 2. The smallest absolute Gasteiger partial charge is 0.172 e. The zero-order valence-corrected chi connectivity index (χ0v) is 13.0. The van der Waals surface area contributed by atoms with Crippen LogP contribution in [0.15, 0.2) is 16.6 Å². The van der Waals surface area contributed by atoms with Gasteiger partial charge in [0.05, 0.1) is 4.88 Å². The molecule has 0 radical (unpaired) electrons. The third-order valence-electron chi connectivity index (χ3n) is 2.35. The molecule has 0 aromatic carbocycles. The Bertz CT molecular complexity index is 551. The van der Waals surface area contributed by atoms with Crippen molar-refractivity contribution in [3.8, 4) is 10.7 Å². The van der Waals surface area contributed by atoms with Gasteiger partial charge in [-0.05, 0) is 27.9 Å². The van der Waals surface area contributed by atoms with Gasteiger partial charge in [0.25, 0.3) is 0 Å². The summed E-state index contributed by atoms with van der Waals surface area (Å²) in [5.41, 5.74) is 3.50. The van der Waals surface area contributed by atoms with E-state index in [9.17, 15) is 0 Å². The molecule has 7 heteroatoms. The number of halogens is 2. The highest BCUT2D eigenvalue weighted by atomic mass is 79.9. The van der Waals surface area contributed by atoms with Gasteiger partial charge in [-0.15, -0.1) is 11.3 Å². The predicted octanol–water partition coefficient (Wildman–Crippen LogP) is 4.03. The monoisotopic (exact) mass is 346 g/mol. The van der Waals surface area contributed by atoms with Crippen LogP contribution in [0.3, 0.4) is 0 Å². The number of hydrogen-bond donors (Lipinski definition) is 2. The first-order valence-electron chi connectivity index (χ1n) is 5.32. The van der Waals surface area contributed by atoms with Crippen molar-refractivity contribution in [3.63, 3.8) is 0 Å². The number of rotatable bonds is 3. The van der Waals surface area contributed by atoms with Crippen LogP contribution in [0, 0.1) is 0 Å². The van der Waals surface area contributed by atoms with Gasteiger partial charge in [0.1, 0.15) is 10.2 Å². The fourth-order valence-electron chi connectivity index (χ4n) is 1.40. The molecule has 0 saturated heterocycles. The van der Waals surface area contributed by atoms with Crippen molar-refractivity contribution in [3.05, 3.63) is 26.6 Å². The van der Waals surface area contributed by atoms with Crippen molar-refractivity contribution in [1.29, 1.82) is 0 Å². The van der Waals surface area contributed by atoms with Gasteiger partial charge in [-0.3, -0.25) is 0 Å². The minimum atomic E-state index is 0.303. The van der Waals surface area contributed by atoms with Crippen molar-refractivity contribution in [2.24, 2.45) is 5.84 Å². The number of nitrogens with zero attached hydrogens (tertiary/aromatic N) is 2. The van der Waals surface area contributed by atoms with Crippen molar-refractivity contribution in [2.45, 2.75) is 19.8 Å². The molecular formula is C11H12BrClN4S. The van der Waals surface area contributed by atoms with E-state index in [0.29, 0.717) is 21.9 Å². The quantitative estimate of drug-likeness (QED) is 0.650. The summed E-state index contributed by atoms with van der Waals surface area (Å²) in [6.07, 6.45) is 0. The van der Waals surface area contributed by atoms with Gasteiger partial charge in [0.15, 0.2) is 5.82 Å². The average molecular weight is 348 g/mol. The number of nitrogens with one attached hydrogen (secondary N) is 1. The van der Waals surface area contributed by atoms with E-state index in [0.717, 1.165) is 15.0 Å². The number of nitrogen functional groups attached to an aromatic ring is 1.